The van der Waals surface area contributed by atoms with Gasteiger partial charge in [-0.2, -0.15) is 0 Å². The lowest BCUT2D eigenvalue weighted by Gasteiger charge is -2.17. The Morgan fingerprint density at radius 1 is 1.24 bits per heavy atom. The first-order chi connectivity index (χ1) is 7.97. The van der Waals surface area contributed by atoms with Crippen LogP contribution >= 0.6 is 0 Å². The fourth-order valence-electron chi connectivity index (χ4n) is 2.38. The molecule has 1 aromatic heterocycles. The minimum absolute atomic E-state index is 0.605. The van der Waals surface area contributed by atoms with Gasteiger partial charge in [0, 0.05) is 24.0 Å². The second kappa shape index (κ2) is 6.25. The van der Waals surface area contributed by atoms with Gasteiger partial charge < -0.3 is 9.88 Å². The highest BCUT2D eigenvalue weighted by molar-refractivity contribution is 5.27. The maximum absolute atomic E-state index is 3.53. The Kier molecular flexibility index (Phi) is 5.26. The van der Waals surface area contributed by atoms with Crippen LogP contribution in [-0.2, 0) is 6.54 Å². The van der Waals surface area contributed by atoms with Gasteiger partial charge in [0.15, 0.2) is 0 Å². The van der Waals surface area contributed by atoms with Crippen LogP contribution in [0.15, 0.2) is 6.07 Å². The predicted octanol–water partition coefficient (Wildman–Crippen LogP) is 3.82. The normalized spacial score (nSPS) is 13.4. The molecule has 0 fully saturated rings. The second-order valence-corrected chi connectivity index (χ2v) is 5.55. The molecule has 0 bridgehead atoms. The topological polar surface area (TPSA) is 17.0 Å². The zero-order chi connectivity index (χ0) is 13.0. The summed E-state index contributed by atoms with van der Waals surface area (Å²) < 4.78 is 2.46. The summed E-state index contributed by atoms with van der Waals surface area (Å²) in [5, 5.41) is 3.53. The van der Waals surface area contributed by atoms with Gasteiger partial charge >= 0.3 is 0 Å². The Labute approximate surface area is 106 Å². The number of nitrogens with one attached hydrogen (secondary N) is 1. The van der Waals surface area contributed by atoms with Crippen molar-refractivity contribution in [1.82, 2.24) is 9.88 Å². The largest absolute Gasteiger partial charge is 0.346 e. The minimum Gasteiger partial charge on any atom is -0.346 e. The summed E-state index contributed by atoms with van der Waals surface area (Å²) in [7, 11) is 0. The molecular formula is C15H28N2. The smallest absolute Gasteiger partial charge is 0.0305 e. The van der Waals surface area contributed by atoms with Gasteiger partial charge in [-0.3, -0.25) is 0 Å². The van der Waals surface area contributed by atoms with Crippen molar-refractivity contribution >= 4 is 0 Å². The molecule has 0 saturated heterocycles. The number of nitrogens with zero attached hydrogens (tertiary/aromatic N) is 1. The Morgan fingerprint density at radius 3 is 2.41 bits per heavy atom. The zero-order valence-electron chi connectivity index (χ0n) is 12.3. The van der Waals surface area contributed by atoms with Gasteiger partial charge in [-0.25, -0.2) is 0 Å². The van der Waals surface area contributed by atoms with E-state index in [0.717, 1.165) is 13.1 Å². The van der Waals surface area contributed by atoms with Gasteiger partial charge in [0.05, 0.1) is 0 Å². The summed E-state index contributed by atoms with van der Waals surface area (Å²) in [6, 6.07) is 2.93. The van der Waals surface area contributed by atoms with E-state index in [1.54, 1.807) is 0 Å². The number of aromatic nitrogens is 1. The SMILES string of the molecule is CCC(C)n1c(C)cc(CNCC(C)C)c1C. The molecule has 1 aromatic rings. The van der Waals surface area contributed by atoms with Crippen molar-refractivity contribution in [1.29, 1.82) is 0 Å². The summed E-state index contributed by atoms with van der Waals surface area (Å²) in [5.41, 5.74) is 4.26. The first-order valence-electron chi connectivity index (χ1n) is 6.85. The summed E-state index contributed by atoms with van der Waals surface area (Å²) in [4.78, 5) is 0. The van der Waals surface area contributed by atoms with Gasteiger partial charge in [-0.15, -0.1) is 0 Å². The fraction of sp³-hybridized carbons (Fsp3) is 0.733. The molecule has 0 aliphatic rings. The fourth-order valence-corrected chi connectivity index (χ4v) is 2.38. The number of rotatable bonds is 6. The van der Waals surface area contributed by atoms with Crippen molar-refractivity contribution in [3.8, 4) is 0 Å². The zero-order valence-corrected chi connectivity index (χ0v) is 12.3. The Balaban J connectivity index is 2.74. The third-order valence-electron chi connectivity index (χ3n) is 3.49. The van der Waals surface area contributed by atoms with Crippen molar-refractivity contribution in [2.75, 3.05) is 6.54 Å². The lowest BCUT2D eigenvalue weighted by atomic mass is 10.2. The van der Waals surface area contributed by atoms with E-state index in [9.17, 15) is 0 Å². The molecule has 0 spiro atoms. The van der Waals surface area contributed by atoms with Crippen molar-refractivity contribution in [2.24, 2.45) is 5.92 Å². The van der Waals surface area contributed by atoms with Gasteiger partial charge in [0.25, 0.3) is 0 Å². The maximum atomic E-state index is 3.53. The molecule has 2 heteroatoms. The van der Waals surface area contributed by atoms with Gasteiger partial charge in [-0.1, -0.05) is 20.8 Å². The highest BCUT2D eigenvalue weighted by Gasteiger charge is 2.12. The van der Waals surface area contributed by atoms with E-state index in [-0.39, 0.29) is 0 Å². The summed E-state index contributed by atoms with van der Waals surface area (Å²) in [6.07, 6.45) is 1.19. The van der Waals surface area contributed by atoms with E-state index in [2.05, 4.69) is 57.5 Å². The number of hydrogen-bond donors (Lipinski definition) is 1. The Hall–Kier alpha value is -0.760. The lowest BCUT2D eigenvalue weighted by molar-refractivity contribution is 0.507. The first kappa shape index (κ1) is 14.3. The molecule has 2 nitrogen and oxygen atoms in total. The quantitative estimate of drug-likeness (QED) is 0.794. The molecular weight excluding hydrogens is 208 g/mol. The maximum Gasteiger partial charge on any atom is 0.0305 e. The van der Waals surface area contributed by atoms with Crippen LogP contribution in [0.5, 0.6) is 0 Å². The molecule has 98 valence electrons. The molecule has 1 N–H and O–H groups in total. The third-order valence-corrected chi connectivity index (χ3v) is 3.49. The average molecular weight is 236 g/mol. The van der Waals surface area contributed by atoms with Crippen LogP contribution in [0.25, 0.3) is 0 Å². The molecule has 1 atom stereocenters. The monoisotopic (exact) mass is 236 g/mol. The molecule has 1 heterocycles. The van der Waals surface area contributed by atoms with Crippen LogP contribution in [0, 0.1) is 19.8 Å². The van der Waals surface area contributed by atoms with E-state index in [1.165, 1.54) is 23.4 Å². The minimum atomic E-state index is 0.605. The van der Waals surface area contributed by atoms with Crippen molar-refractivity contribution in [2.45, 2.75) is 60.5 Å². The van der Waals surface area contributed by atoms with Crippen molar-refractivity contribution in [3.63, 3.8) is 0 Å². The molecule has 0 radical (unpaired) electrons. The first-order valence-corrected chi connectivity index (χ1v) is 6.85. The van der Waals surface area contributed by atoms with Crippen molar-refractivity contribution < 1.29 is 0 Å². The Morgan fingerprint density at radius 2 is 1.88 bits per heavy atom. The summed E-state index contributed by atoms with van der Waals surface area (Å²) in [6.45, 7) is 15.6. The predicted molar refractivity (Wildman–Crippen MR) is 75.5 cm³/mol. The van der Waals surface area contributed by atoms with E-state index in [4.69, 9.17) is 0 Å². The highest BCUT2D eigenvalue weighted by atomic mass is 15.0. The van der Waals surface area contributed by atoms with E-state index in [0.29, 0.717) is 12.0 Å². The molecule has 17 heavy (non-hydrogen) atoms. The number of hydrogen-bond acceptors (Lipinski definition) is 1. The van der Waals surface area contributed by atoms with Crippen LogP contribution < -0.4 is 5.32 Å². The Bertz CT molecular complexity index is 350. The number of aryl methyl sites for hydroxylation is 1. The molecule has 0 aliphatic carbocycles. The lowest BCUT2D eigenvalue weighted by Crippen LogP contribution is -2.19. The molecule has 1 rings (SSSR count). The highest BCUT2D eigenvalue weighted by Crippen LogP contribution is 2.22. The molecule has 0 amide bonds. The molecule has 1 unspecified atom stereocenters. The molecule has 0 aliphatic heterocycles. The van der Waals surface area contributed by atoms with Crippen molar-refractivity contribution in [3.05, 3.63) is 23.0 Å². The van der Waals surface area contributed by atoms with Crippen LogP contribution in [0.1, 0.15) is 57.1 Å². The van der Waals surface area contributed by atoms with E-state index >= 15 is 0 Å². The van der Waals surface area contributed by atoms with Crippen LogP contribution in [0.2, 0.25) is 0 Å². The molecule has 0 aromatic carbocycles. The standard InChI is InChI=1S/C15H28N2/c1-7-12(4)17-13(5)8-15(14(17)6)10-16-9-11(2)3/h8,11-12,16H,7,9-10H2,1-6H3. The van der Waals surface area contributed by atoms with Gasteiger partial charge in [0.1, 0.15) is 0 Å². The summed E-state index contributed by atoms with van der Waals surface area (Å²) in [5.74, 6) is 0.716. The van der Waals surface area contributed by atoms with E-state index < -0.39 is 0 Å². The average Bonchev–Trinajstić information content (AvgIpc) is 2.53. The van der Waals surface area contributed by atoms with Gasteiger partial charge in [0.2, 0.25) is 0 Å². The second-order valence-electron chi connectivity index (χ2n) is 5.55. The van der Waals surface area contributed by atoms with E-state index in [1.807, 2.05) is 0 Å². The third kappa shape index (κ3) is 3.60. The van der Waals surface area contributed by atoms with Crippen LogP contribution in [-0.4, -0.2) is 11.1 Å². The summed E-state index contributed by atoms with van der Waals surface area (Å²) >= 11 is 0. The molecule has 0 saturated carbocycles. The van der Waals surface area contributed by atoms with Gasteiger partial charge in [-0.05, 0) is 51.3 Å². The van der Waals surface area contributed by atoms with Crippen LogP contribution in [0.4, 0.5) is 0 Å². The van der Waals surface area contributed by atoms with Crippen LogP contribution in [0.3, 0.4) is 0 Å².